The maximum absolute atomic E-state index is 12.8. The lowest BCUT2D eigenvalue weighted by molar-refractivity contribution is -0.138. The zero-order valence-corrected chi connectivity index (χ0v) is 19.0. The third-order valence-electron chi connectivity index (χ3n) is 5.23. The number of alkyl halides is 3. The van der Waals surface area contributed by atoms with E-state index in [0.717, 1.165) is 26.7 Å². The van der Waals surface area contributed by atoms with Crippen LogP contribution in [0.2, 0.25) is 5.02 Å². The Kier molecular flexibility index (Phi) is 6.44. The molecular formula is C21H19ClF3N5O2S. The van der Waals surface area contributed by atoms with Gasteiger partial charge in [0, 0.05) is 43.3 Å². The number of rotatable bonds is 4. The number of nitrogens with zero attached hydrogens (tertiary/aromatic N) is 5. The van der Waals surface area contributed by atoms with Crippen LogP contribution in [-0.4, -0.2) is 51.8 Å². The molecule has 1 aliphatic heterocycles. The van der Waals surface area contributed by atoms with Gasteiger partial charge in [0.25, 0.3) is 5.56 Å². The molecule has 33 heavy (non-hydrogen) atoms. The molecule has 0 spiro atoms. The topological polar surface area (TPSA) is 71.3 Å². The van der Waals surface area contributed by atoms with Gasteiger partial charge < -0.3 is 9.80 Å². The van der Waals surface area contributed by atoms with E-state index in [4.69, 9.17) is 11.6 Å². The van der Waals surface area contributed by atoms with Crippen LogP contribution in [0.3, 0.4) is 0 Å². The van der Waals surface area contributed by atoms with E-state index in [2.05, 4.69) is 10.1 Å². The van der Waals surface area contributed by atoms with Crippen molar-refractivity contribution in [3.05, 3.63) is 62.3 Å². The van der Waals surface area contributed by atoms with Crippen molar-refractivity contribution in [1.29, 1.82) is 0 Å². The van der Waals surface area contributed by atoms with E-state index < -0.39 is 11.7 Å². The minimum Gasteiger partial charge on any atom is -0.352 e. The maximum Gasteiger partial charge on any atom is 0.417 e. The van der Waals surface area contributed by atoms with Crippen molar-refractivity contribution >= 4 is 34.7 Å². The second kappa shape index (κ2) is 9.14. The van der Waals surface area contributed by atoms with E-state index >= 15 is 0 Å². The molecule has 3 aromatic heterocycles. The molecule has 4 heterocycles. The van der Waals surface area contributed by atoms with Crippen LogP contribution in [0.5, 0.6) is 0 Å². The Labute approximate surface area is 196 Å². The number of pyridine rings is 1. The van der Waals surface area contributed by atoms with Gasteiger partial charge in [0.1, 0.15) is 18.1 Å². The largest absolute Gasteiger partial charge is 0.417 e. The Morgan fingerprint density at radius 2 is 1.88 bits per heavy atom. The molecule has 0 atom stereocenters. The molecule has 4 rings (SSSR count). The molecule has 0 bridgehead atoms. The smallest absolute Gasteiger partial charge is 0.352 e. The quantitative estimate of drug-likeness (QED) is 0.550. The van der Waals surface area contributed by atoms with Crippen LogP contribution in [0, 0.1) is 6.92 Å². The van der Waals surface area contributed by atoms with Crippen LogP contribution in [0.1, 0.15) is 10.4 Å². The van der Waals surface area contributed by atoms with E-state index in [1.165, 1.54) is 6.07 Å². The summed E-state index contributed by atoms with van der Waals surface area (Å²) in [5, 5.41) is 4.23. The van der Waals surface area contributed by atoms with Crippen molar-refractivity contribution in [2.75, 3.05) is 31.1 Å². The first-order valence-electron chi connectivity index (χ1n) is 10.0. The highest BCUT2D eigenvalue weighted by molar-refractivity contribution is 7.15. The predicted molar refractivity (Wildman–Crippen MR) is 120 cm³/mol. The number of thiophene rings is 1. The van der Waals surface area contributed by atoms with E-state index in [1.807, 2.05) is 19.1 Å². The molecule has 0 N–H and O–H groups in total. The van der Waals surface area contributed by atoms with Gasteiger partial charge in [-0.1, -0.05) is 11.6 Å². The summed E-state index contributed by atoms with van der Waals surface area (Å²) in [5.74, 6) is -0.0242. The van der Waals surface area contributed by atoms with E-state index in [-0.39, 0.29) is 28.9 Å². The van der Waals surface area contributed by atoms with E-state index in [0.29, 0.717) is 31.9 Å². The summed E-state index contributed by atoms with van der Waals surface area (Å²) in [6, 6.07) is 7.74. The van der Waals surface area contributed by atoms with Gasteiger partial charge in [-0.2, -0.15) is 18.3 Å². The van der Waals surface area contributed by atoms with Crippen LogP contribution in [0.25, 0.3) is 10.6 Å². The fourth-order valence-electron chi connectivity index (χ4n) is 3.48. The lowest BCUT2D eigenvalue weighted by Crippen LogP contribution is -2.50. The van der Waals surface area contributed by atoms with Gasteiger partial charge in [-0.15, -0.1) is 11.3 Å². The number of aromatic nitrogens is 3. The lowest BCUT2D eigenvalue weighted by Gasteiger charge is -2.35. The molecule has 0 saturated carbocycles. The van der Waals surface area contributed by atoms with Crippen molar-refractivity contribution in [3.63, 3.8) is 0 Å². The van der Waals surface area contributed by atoms with Crippen LogP contribution in [0.15, 0.2) is 41.3 Å². The Morgan fingerprint density at radius 1 is 1.15 bits per heavy atom. The molecule has 1 aliphatic rings. The second-order valence-electron chi connectivity index (χ2n) is 7.52. The Morgan fingerprint density at radius 3 is 2.48 bits per heavy atom. The first kappa shape index (κ1) is 23.2. The highest BCUT2D eigenvalue weighted by atomic mass is 35.5. The molecule has 0 aliphatic carbocycles. The standard InChI is InChI=1S/C21H19ClF3N5O2S/c1-13-2-4-17(33-13)16-3-5-18(31)30(27-16)12-19(32)28-6-8-29(9-7-28)20-15(22)10-14(11-26-20)21(23,24)25/h2-5,10-11H,6-9,12H2,1H3. The second-order valence-corrected chi connectivity index (χ2v) is 9.21. The maximum atomic E-state index is 12.8. The Balaban J connectivity index is 1.41. The fraction of sp³-hybridized carbons (Fsp3) is 0.333. The Bertz CT molecular complexity index is 1240. The molecule has 3 aromatic rings. The van der Waals surface area contributed by atoms with Crippen molar-refractivity contribution in [1.82, 2.24) is 19.7 Å². The third kappa shape index (κ3) is 5.19. The molecule has 1 fully saturated rings. The first-order valence-corrected chi connectivity index (χ1v) is 11.2. The van der Waals surface area contributed by atoms with Crippen molar-refractivity contribution < 1.29 is 18.0 Å². The average Bonchev–Trinajstić information content (AvgIpc) is 3.21. The average molecular weight is 498 g/mol. The summed E-state index contributed by atoms with van der Waals surface area (Å²) >= 11 is 7.58. The summed E-state index contributed by atoms with van der Waals surface area (Å²) < 4.78 is 39.6. The number of hydrogen-bond donors (Lipinski definition) is 0. The van der Waals surface area contributed by atoms with Gasteiger partial charge in [-0.25, -0.2) is 9.67 Å². The fourth-order valence-corrected chi connectivity index (χ4v) is 4.60. The van der Waals surface area contributed by atoms with Crippen molar-refractivity contribution in [2.24, 2.45) is 0 Å². The van der Waals surface area contributed by atoms with Gasteiger partial charge in [0.15, 0.2) is 0 Å². The van der Waals surface area contributed by atoms with Crippen LogP contribution < -0.4 is 10.5 Å². The molecule has 12 heteroatoms. The number of anilines is 1. The summed E-state index contributed by atoms with van der Waals surface area (Å²) in [6.07, 6.45) is -3.77. The molecular weight excluding hydrogens is 479 g/mol. The summed E-state index contributed by atoms with van der Waals surface area (Å²) in [5.41, 5.74) is -0.670. The minimum absolute atomic E-state index is 0.0963. The molecule has 0 radical (unpaired) electrons. The van der Waals surface area contributed by atoms with Crippen LogP contribution >= 0.6 is 22.9 Å². The number of amides is 1. The first-order chi connectivity index (χ1) is 15.6. The lowest BCUT2D eigenvalue weighted by atomic mass is 10.2. The monoisotopic (exact) mass is 497 g/mol. The highest BCUT2D eigenvalue weighted by Crippen LogP contribution is 2.33. The summed E-state index contributed by atoms with van der Waals surface area (Å²) in [7, 11) is 0. The SMILES string of the molecule is Cc1ccc(-c2ccc(=O)n(CC(=O)N3CCN(c4ncc(C(F)(F)F)cc4Cl)CC3)n2)s1. The Hall–Kier alpha value is -2.92. The molecule has 1 saturated heterocycles. The number of aryl methyl sites for hydroxylation is 1. The van der Waals surface area contributed by atoms with Crippen molar-refractivity contribution in [2.45, 2.75) is 19.6 Å². The summed E-state index contributed by atoms with van der Waals surface area (Å²) in [4.78, 5) is 34.2. The predicted octanol–water partition coefficient (Wildman–Crippen LogP) is 3.70. The molecule has 0 aromatic carbocycles. The third-order valence-corrected chi connectivity index (χ3v) is 6.53. The minimum atomic E-state index is -4.52. The van der Waals surface area contributed by atoms with Crippen LogP contribution in [0.4, 0.5) is 19.0 Å². The molecule has 0 unspecified atom stereocenters. The number of carbonyl (C=O) groups excluding carboxylic acids is 1. The number of hydrogen-bond acceptors (Lipinski definition) is 6. The van der Waals surface area contributed by atoms with Crippen molar-refractivity contribution in [3.8, 4) is 10.6 Å². The molecule has 1 amide bonds. The van der Waals surface area contributed by atoms with E-state index in [9.17, 15) is 22.8 Å². The van der Waals surface area contributed by atoms with E-state index in [1.54, 1.807) is 27.2 Å². The highest BCUT2D eigenvalue weighted by Gasteiger charge is 2.32. The van der Waals surface area contributed by atoms with Gasteiger partial charge in [-0.3, -0.25) is 9.59 Å². The normalized spacial score (nSPS) is 14.6. The number of halogens is 4. The zero-order chi connectivity index (χ0) is 23.8. The number of piperazine rings is 1. The van der Waals surface area contributed by atoms with Gasteiger partial charge in [0.2, 0.25) is 5.91 Å². The zero-order valence-electron chi connectivity index (χ0n) is 17.5. The van der Waals surface area contributed by atoms with Gasteiger partial charge >= 0.3 is 6.18 Å². The number of carbonyl (C=O) groups is 1. The van der Waals surface area contributed by atoms with Gasteiger partial charge in [-0.05, 0) is 31.2 Å². The van der Waals surface area contributed by atoms with Gasteiger partial charge in [0.05, 0.1) is 15.5 Å². The van der Waals surface area contributed by atoms with Crippen LogP contribution in [-0.2, 0) is 17.5 Å². The molecule has 174 valence electrons. The summed E-state index contributed by atoms with van der Waals surface area (Å²) in [6.45, 7) is 3.10. The molecule has 7 nitrogen and oxygen atoms in total.